The molecule has 0 bridgehead atoms. The van der Waals surface area contributed by atoms with Crippen LogP contribution in [-0.2, 0) is 4.74 Å². The van der Waals surface area contributed by atoms with Gasteiger partial charge in [-0.3, -0.25) is 0 Å². The van der Waals surface area contributed by atoms with E-state index in [1.807, 2.05) is 14.0 Å². The Morgan fingerprint density at radius 1 is 1.60 bits per heavy atom. The number of nitrogens with one attached hydrogen (secondary N) is 1. The molecule has 1 N–H and O–H groups in total. The average molecular weight is 225 g/mol. The molecule has 2 rings (SSSR count). The van der Waals surface area contributed by atoms with Gasteiger partial charge < -0.3 is 10.1 Å². The van der Waals surface area contributed by atoms with E-state index in [0.717, 1.165) is 35.8 Å². The van der Waals surface area contributed by atoms with E-state index in [-0.39, 0.29) is 6.04 Å². The Labute approximate surface area is 93.5 Å². The van der Waals surface area contributed by atoms with Gasteiger partial charge in [-0.1, -0.05) is 4.49 Å². The molecule has 1 unspecified atom stereocenters. The molecule has 4 nitrogen and oxygen atoms in total. The van der Waals surface area contributed by atoms with E-state index in [2.05, 4.69) is 21.0 Å². The van der Waals surface area contributed by atoms with Crippen LogP contribution >= 0.6 is 11.5 Å². The van der Waals surface area contributed by atoms with Gasteiger partial charge in [0.05, 0.1) is 17.2 Å². The second-order valence-corrected chi connectivity index (χ2v) is 4.33. The van der Waals surface area contributed by atoms with E-state index in [1.165, 1.54) is 11.5 Å². The van der Waals surface area contributed by atoms with Gasteiger partial charge in [-0.2, -0.15) is 0 Å². The predicted molar refractivity (Wildman–Crippen MR) is 59.7 cm³/mol. The third-order valence-corrected chi connectivity index (χ3v) is 3.38. The van der Waals surface area contributed by atoms with Crippen molar-refractivity contribution in [1.29, 1.82) is 0 Å². The highest BCUT2D eigenvalue weighted by Crippen LogP contribution is 2.29. The first-order chi connectivity index (χ1) is 7.33. The lowest BCUT2D eigenvalue weighted by atomic mass is 10.1. The fraction of sp³-hybridized carbons (Fsp3) is 0.600. The van der Waals surface area contributed by atoms with Crippen molar-refractivity contribution in [2.45, 2.75) is 25.8 Å². The number of hydrogen-bond donors (Lipinski definition) is 1. The van der Waals surface area contributed by atoms with E-state index in [0.29, 0.717) is 0 Å². The normalized spacial score (nSPS) is 18.1. The van der Waals surface area contributed by atoms with Crippen LogP contribution in [0.4, 0.5) is 0 Å². The molecule has 0 aromatic carbocycles. The third-order valence-electron chi connectivity index (χ3n) is 2.48. The second-order valence-electron chi connectivity index (χ2n) is 3.54. The lowest BCUT2D eigenvalue weighted by Crippen LogP contribution is -2.21. The van der Waals surface area contributed by atoms with Crippen LogP contribution in [0.3, 0.4) is 0 Å². The Bertz CT molecular complexity index is 361. The summed E-state index contributed by atoms with van der Waals surface area (Å²) >= 11 is 1.43. The molecule has 0 amide bonds. The maximum atomic E-state index is 5.66. The second kappa shape index (κ2) is 4.72. The van der Waals surface area contributed by atoms with E-state index in [1.54, 1.807) is 0 Å². The van der Waals surface area contributed by atoms with Crippen LogP contribution in [0, 0.1) is 6.92 Å². The zero-order valence-electron chi connectivity index (χ0n) is 8.99. The van der Waals surface area contributed by atoms with Crippen LogP contribution < -0.4 is 5.32 Å². The summed E-state index contributed by atoms with van der Waals surface area (Å²) in [5.41, 5.74) is 0.981. The first-order valence-corrected chi connectivity index (χ1v) is 5.89. The van der Waals surface area contributed by atoms with Crippen molar-refractivity contribution in [3.63, 3.8) is 0 Å². The summed E-state index contributed by atoms with van der Waals surface area (Å²) in [6, 6.07) is 0.116. The lowest BCUT2D eigenvalue weighted by molar-refractivity contribution is 0.170. The Morgan fingerprint density at radius 3 is 3.00 bits per heavy atom. The minimum Gasteiger partial charge on any atom is -0.496 e. The van der Waals surface area contributed by atoms with Crippen molar-refractivity contribution >= 4 is 11.5 Å². The van der Waals surface area contributed by atoms with E-state index in [9.17, 15) is 0 Å². The largest absolute Gasteiger partial charge is 0.496 e. The first kappa shape index (κ1) is 10.6. The van der Waals surface area contributed by atoms with E-state index in [4.69, 9.17) is 4.74 Å². The fourth-order valence-electron chi connectivity index (χ4n) is 1.68. The summed E-state index contributed by atoms with van der Waals surface area (Å²) in [7, 11) is 1.93. The number of ether oxygens (including phenoxy) is 1. The molecular weight excluding hydrogens is 210 g/mol. The molecule has 1 aromatic rings. The van der Waals surface area contributed by atoms with Gasteiger partial charge in [0.25, 0.3) is 0 Å². The molecule has 0 spiro atoms. The van der Waals surface area contributed by atoms with Gasteiger partial charge in [-0.25, -0.2) is 0 Å². The fourth-order valence-corrected chi connectivity index (χ4v) is 2.45. The van der Waals surface area contributed by atoms with Crippen LogP contribution in [-0.4, -0.2) is 23.2 Å². The van der Waals surface area contributed by atoms with Crippen molar-refractivity contribution in [2.75, 3.05) is 13.7 Å². The maximum absolute atomic E-state index is 5.66. The van der Waals surface area contributed by atoms with Crippen molar-refractivity contribution < 1.29 is 4.74 Å². The number of aryl methyl sites for hydroxylation is 1. The summed E-state index contributed by atoms with van der Waals surface area (Å²) < 4.78 is 9.61. The number of rotatable bonds is 3. The highest BCUT2D eigenvalue weighted by Gasteiger charge is 2.22. The molecule has 1 aromatic heterocycles. The Morgan fingerprint density at radius 2 is 2.47 bits per heavy atom. The minimum absolute atomic E-state index is 0.116. The van der Waals surface area contributed by atoms with E-state index >= 15 is 0 Å². The molecule has 1 aliphatic heterocycles. The minimum atomic E-state index is 0.116. The highest BCUT2D eigenvalue weighted by molar-refractivity contribution is 7.05. The number of nitrogens with zero attached hydrogens (tertiary/aromatic N) is 2. The van der Waals surface area contributed by atoms with Gasteiger partial charge >= 0.3 is 0 Å². The molecular formula is C10H15N3OS. The number of aromatic nitrogens is 2. The Hall–Kier alpha value is -0.940. The molecule has 5 heteroatoms. The van der Waals surface area contributed by atoms with Gasteiger partial charge in [-0.05, 0) is 44.4 Å². The van der Waals surface area contributed by atoms with Crippen molar-refractivity contribution in [3.8, 4) is 0 Å². The third kappa shape index (κ3) is 2.18. The zero-order chi connectivity index (χ0) is 10.7. The SMILES string of the molecule is CNC(C1=CCCCO1)c1snnc1C. The quantitative estimate of drug-likeness (QED) is 0.852. The van der Waals surface area contributed by atoms with Crippen molar-refractivity contribution in [2.24, 2.45) is 0 Å². The number of hydrogen-bond acceptors (Lipinski definition) is 5. The molecule has 1 aliphatic rings. The topological polar surface area (TPSA) is 47.0 Å². The van der Waals surface area contributed by atoms with Gasteiger partial charge in [0.1, 0.15) is 11.8 Å². The molecule has 15 heavy (non-hydrogen) atoms. The van der Waals surface area contributed by atoms with Gasteiger partial charge in [0.2, 0.25) is 0 Å². The predicted octanol–water partition coefficient (Wildman–Crippen LogP) is 1.80. The molecule has 0 aliphatic carbocycles. The summed E-state index contributed by atoms with van der Waals surface area (Å²) in [5.74, 6) is 1.01. The van der Waals surface area contributed by atoms with Gasteiger partial charge in [0.15, 0.2) is 0 Å². The zero-order valence-corrected chi connectivity index (χ0v) is 9.80. The molecule has 82 valence electrons. The van der Waals surface area contributed by atoms with Crippen LogP contribution in [0.5, 0.6) is 0 Å². The van der Waals surface area contributed by atoms with Gasteiger partial charge in [0, 0.05) is 0 Å². The summed E-state index contributed by atoms with van der Waals surface area (Å²) in [5, 5.41) is 7.28. The molecule has 0 radical (unpaired) electrons. The first-order valence-electron chi connectivity index (χ1n) is 5.12. The standard InChI is InChI=1S/C10H15N3OS/c1-7-10(15-13-12-7)9(11-2)8-5-3-4-6-14-8/h5,9,11H,3-4,6H2,1-2H3. The summed E-state index contributed by atoms with van der Waals surface area (Å²) in [6.07, 6.45) is 4.36. The molecule has 0 saturated carbocycles. The molecule has 1 atom stereocenters. The number of allylic oxidation sites excluding steroid dienone is 1. The highest BCUT2D eigenvalue weighted by atomic mass is 32.1. The van der Waals surface area contributed by atoms with Crippen LogP contribution in [0.25, 0.3) is 0 Å². The van der Waals surface area contributed by atoms with E-state index < -0.39 is 0 Å². The Balaban J connectivity index is 2.24. The lowest BCUT2D eigenvalue weighted by Gasteiger charge is -2.22. The monoisotopic (exact) mass is 225 g/mol. The van der Waals surface area contributed by atoms with Crippen molar-refractivity contribution in [3.05, 3.63) is 22.4 Å². The maximum Gasteiger partial charge on any atom is 0.114 e. The molecule has 0 saturated heterocycles. The van der Waals surface area contributed by atoms with Crippen LogP contribution in [0.1, 0.15) is 29.5 Å². The summed E-state index contributed by atoms with van der Waals surface area (Å²) in [6.45, 7) is 2.79. The smallest absolute Gasteiger partial charge is 0.114 e. The van der Waals surface area contributed by atoms with Crippen LogP contribution in [0.15, 0.2) is 11.8 Å². The molecule has 0 fully saturated rings. The van der Waals surface area contributed by atoms with Crippen molar-refractivity contribution in [1.82, 2.24) is 14.9 Å². The Kier molecular flexibility index (Phi) is 3.33. The molecule has 2 heterocycles. The number of likely N-dealkylation sites (N-methyl/N-ethyl adjacent to an activating group) is 1. The average Bonchev–Trinajstić information content (AvgIpc) is 2.68. The van der Waals surface area contributed by atoms with Crippen LogP contribution in [0.2, 0.25) is 0 Å². The van der Waals surface area contributed by atoms with Gasteiger partial charge in [-0.15, -0.1) is 5.10 Å². The summed E-state index contributed by atoms with van der Waals surface area (Å²) in [4.78, 5) is 1.14.